The molecule has 0 aliphatic carbocycles. The Hall–Kier alpha value is -1.36. The molecule has 2 aromatic rings. The Labute approximate surface area is 147 Å². The Balaban J connectivity index is 2.44. The van der Waals surface area contributed by atoms with E-state index in [9.17, 15) is 0 Å². The van der Waals surface area contributed by atoms with Gasteiger partial charge in [0.2, 0.25) is 0 Å². The molecule has 0 radical (unpaired) electrons. The van der Waals surface area contributed by atoms with Crippen molar-refractivity contribution in [3.63, 3.8) is 0 Å². The van der Waals surface area contributed by atoms with E-state index >= 15 is 0 Å². The van der Waals surface area contributed by atoms with Gasteiger partial charge in [0.05, 0.1) is 13.2 Å². The molecule has 0 bridgehead atoms. The Morgan fingerprint density at radius 2 is 2.17 bits per heavy atom. The summed E-state index contributed by atoms with van der Waals surface area (Å²) in [7, 11) is 0. The Morgan fingerprint density at radius 1 is 1.35 bits per heavy atom. The Bertz CT molecular complexity index is 643. The summed E-state index contributed by atoms with van der Waals surface area (Å²) in [6.45, 7) is 5.14. The van der Waals surface area contributed by atoms with Crippen LogP contribution in [0.4, 0.5) is 0 Å². The van der Waals surface area contributed by atoms with E-state index in [0.717, 1.165) is 18.4 Å². The molecule has 0 saturated heterocycles. The second-order valence-corrected chi connectivity index (χ2v) is 6.19. The molecule has 1 atom stereocenters. The van der Waals surface area contributed by atoms with E-state index in [1.165, 1.54) is 6.33 Å². The van der Waals surface area contributed by atoms with E-state index < -0.39 is 5.60 Å². The quantitative estimate of drug-likeness (QED) is 0.635. The van der Waals surface area contributed by atoms with Gasteiger partial charge < -0.3 is 4.74 Å². The lowest BCUT2D eigenvalue weighted by molar-refractivity contribution is -0.0589. The van der Waals surface area contributed by atoms with Crippen LogP contribution in [0.3, 0.4) is 0 Å². The third kappa shape index (κ3) is 4.56. The van der Waals surface area contributed by atoms with Crippen molar-refractivity contribution in [3.8, 4) is 0 Å². The molecule has 0 N–H and O–H groups in total. The molecule has 0 spiro atoms. The summed E-state index contributed by atoms with van der Waals surface area (Å²) < 4.78 is 8.06. The first-order valence-electron chi connectivity index (χ1n) is 7.64. The van der Waals surface area contributed by atoms with Crippen LogP contribution >= 0.6 is 23.2 Å². The third-order valence-electron chi connectivity index (χ3n) is 3.65. The van der Waals surface area contributed by atoms with Crippen molar-refractivity contribution >= 4 is 23.2 Å². The van der Waals surface area contributed by atoms with E-state index in [1.54, 1.807) is 17.1 Å². The minimum Gasteiger partial charge on any atom is -0.364 e. The number of halogens is 2. The van der Waals surface area contributed by atoms with E-state index in [2.05, 4.69) is 17.0 Å². The highest BCUT2D eigenvalue weighted by atomic mass is 35.5. The van der Waals surface area contributed by atoms with Gasteiger partial charge in [-0.05, 0) is 25.5 Å². The van der Waals surface area contributed by atoms with Crippen LogP contribution in [0.25, 0.3) is 0 Å². The van der Waals surface area contributed by atoms with Gasteiger partial charge in [-0.15, -0.1) is 0 Å². The highest BCUT2D eigenvalue weighted by Crippen LogP contribution is 2.38. The number of hydrogen-bond acceptors (Lipinski definition) is 3. The van der Waals surface area contributed by atoms with Crippen LogP contribution in [-0.2, 0) is 16.9 Å². The lowest BCUT2D eigenvalue weighted by Gasteiger charge is -2.34. The van der Waals surface area contributed by atoms with Crippen LogP contribution in [-0.4, -0.2) is 21.4 Å². The van der Waals surface area contributed by atoms with Crippen molar-refractivity contribution in [2.45, 2.75) is 38.8 Å². The maximum absolute atomic E-state index is 6.47. The molecule has 2 rings (SSSR count). The molecule has 0 amide bonds. The number of nitrogens with zero attached hydrogens (tertiary/aromatic N) is 3. The van der Waals surface area contributed by atoms with E-state index in [0.29, 0.717) is 23.2 Å². The van der Waals surface area contributed by atoms with Crippen molar-refractivity contribution < 1.29 is 4.74 Å². The van der Waals surface area contributed by atoms with Gasteiger partial charge in [-0.1, -0.05) is 54.8 Å². The topological polar surface area (TPSA) is 39.9 Å². The SMILES string of the molecule is CC=CCOC(CCC)(Cn1cncn1)c1ccc(Cl)cc1Cl. The molecule has 6 heteroatoms. The number of ether oxygens (including phenoxy) is 1. The highest BCUT2D eigenvalue weighted by molar-refractivity contribution is 6.35. The number of rotatable bonds is 8. The zero-order valence-corrected chi connectivity index (χ0v) is 14.9. The van der Waals surface area contributed by atoms with Crippen molar-refractivity contribution in [3.05, 3.63) is 58.6 Å². The molecule has 0 aliphatic rings. The first-order valence-corrected chi connectivity index (χ1v) is 8.40. The number of allylic oxidation sites excluding steroid dienone is 1. The fourth-order valence-electron chi connectivity index (χ4n) is 2.64. The first kappa shape index (κ1) is 18.0. The fourth-order valence-corrected chi connectivity index (χ4v) is 3.22. The molecular weight excluding hydrogens is 333 g/mol. The van der Waals surface area contributed by atoms with Gasteiger partial charge in [-0.2, -0.15) is 5.10 Å². The molecule has 0 fully saturated rings. The van der Waals surface area contributed by atoms with Crippen LogP contribution in [0.15, 0.2) is 43.0 Å². The average Bonchev–Trinajstić information content (AvgIpc) is 3.00. The van der Waals surface area contributed by atoms with Gasteiger partial charge in [0.15, 0.2) is 0 Å². The Kier molecular flexibility index (Phi) is 6.63. The number of hydrogen-bond donors (Lipinski definition) is 0. The zero-order valence-electron chi connectivity index (χ0n) is 13.4. The molecule has 1 aromatic heterocycles. The summed E-state index contributed by atoms with van der Waals surface area (Å²) in [5, 5.41) is 5.44. The van der Waals surface area contributed by atoms with Crippen LogP contribution in [0.1, 0.15) is 32.3 Å². The van der Waals surface area contributed by atoms with Crippen LogP contribution in [0.5, 0.6) is 0 Å². The molecule has 23 heavy (non-hydrogen) atoms. The van der Waals surface area contributed by atoms with Crippen LogP contribution in [0.2, 0.25) is 10.0 Å². The highest BCUT2D eigenvalue weighted by Gasteiger charge is 2.35. The van der Waals surface area contributed by atoms with Gasteiger partial charge in [-0.25, -0.2) is 9.67 Å². The lowest BCUT2D eigenvalue weighted by atomic mass is 9.88. The predicted octanol–water partition coefficient (Wildman–Crippen LogP) is 4.87. The molecule has 0 aliphatic heterocycles. The second kappa shape index (κ2) is 8.48. The number of aromatic nitrogens is 3. The van der Waals surface area contributed by atoms with E-state index in [1.807, 2.05) is 31.2 Å². The third-order valence-corrected chi connectivity index (χ3v) is 4.20. The smallest absolute Gasteiger partial charge is 0.137 e. The molecular formula is C17H21Cl2N3O. The second-order valence-electron chi connectivity index (χ2n) is 5.34. The van der Waals surface area contributed by atoms with Gasteiger partial charge in [-0.3, -0.25) is 0 Å². The molecule has 1 aromatic carbocycles. The average molecular weight is 354 g/mol. The van der Waals surface area contributed by atoms with Gasteiger partial charge in [0.1, 0.15) is 18.3 Å². The van der Waals surface area contributed by atoms with E-state index in [4.69, 9.17) is 27.9 Å². The summed E-state index contributed by atoms with van der Waals surface area (Å²) in [5.74, 6) is 0. The molecule has 124 valence electrons. The van der Waals surface area contributed by atoms with Gasteiger partial charge in [0.25, 0.3) is 0 Å². The minimum atomic E-state index is -0.580. The van der Waals surface area contributed by atoms with E-state index in [-0.39, 0.29) is 0 Å². The summed E-state index contributed by atoms with van der Waals surface area (Å²) in [6, 6.07) is 5.53. The maximum atomic E-state index is 6.47. The minimum absolute atomic E-state index is 0.504. The largest absolute Gasteiger partial charge is 0.364 e. The maximum Gasteiger partial charge on any atom is 0.137 e. The van der Waals surface area contributed by atoms with Crippen molar-refractivity contribution in [2.75, 3.05) is 6.61 Å². The summed E-state index contributed by atoms with van der Waals surface area (Å²) in [4.78, 5) is 4.02. The number of benzene rings is 1. The monoisotopic (exact) mass is 353 g/mol. The fraction of sp³-hybridized carbons (Fsp3) is 0.412. The van der Waals surface area contributed by atoms with Crippen LogP contribution < -0.4 is 0 Å². The van der Waals surface area contributed by atoms with Crippen LogP contribution in [0, 0.1) is 0 Å². The van der Waals surface area contributed by atoms with Crippen molar-refractivity contribution in [1.82, 2.24) is 14.8 Å². The normalized spacial score (nSPS) is 14.3. The van der Waals surface area contributed by atoms with Gasteiger partial charge >= 0.3 is 0 Å². The standard InChI is InChI=1S/C17H21Cl2N3O/c1-3-5-9-23-17(8-4-2,11-22-13-20-12-21-22)15-7-6-14(18)10-16(15)19/h3,5-7,10,12-13H,4,8-9,11H2,1-2H3. The first-order chi connectivity index (χ1) is 11.1. The van der Waals surface area contributed by atoms with Crippen molar-refractivity contribution in [1.29, 1.82) is 0 Å². The van der Waals surface area contributed by atoms with Crippen molar-refractivity contribution in [2.24, 2.45) is 0 Å². The summed E-state index contributed by atoms with van der Waals surface area (Å²) in [5.41, 5.74) is 0.342. The van der Waals surface area contributed by atoms with Gasteiger partial charge in [0, 0.05) is 15.6 Å². The summed E-state index contributed by atoms with van der Waals surface area (Å²) in [6.07, 6.45) is 8.92. The molecule has 1 heterocycles. The summed E-state index contributed by atoms with van der Waals surface area (Å²) >= 11 is 12.5. The Morgan fingerprint density at radius 3 is 2.78 bits per heavy atom. The lowest BCUT2D eigenvalue weighted by Crippen LogP contribution is -2.35. The molecule has 1 unspecified atom stereocenters. The predicted molar refractivity (Wildman–Crippen MR) is 93.8 cm³/mol. The molecule has 0 saturated carbocycles. The molecule has 4 nitrogen and oxygen atoms in total. The zero-order chi connectivity index (χ0) is 16.7.